The molecule has 7 aromatic carbocycles. The maximum Gasteiger partial charge on any atom is 0.149 e. The first-order valence-corrected chi connectivity index (χ1v) is 21.7. The molecule has 62 heavy (non-hydrogen) atoms. The molecule has 306 valence electrons. The lowest BCUT2D eigenvalue weighted by Gasteiger charge is -2.26. The maximum atomic E-state index is 12.1. The number of para-hydroxylation sites is 1. The van der Waals surface area contributed by atoms with Gasteiger partial charge in [0.1, 0.15) is 11.6 Å². The number of hydrogen-bond donors (Lipinski definition) is 1. The average Bonchev–Trinajstić information content (AvgIpc) is 3.69. The maximum absolute atomic E-state index is 12.1. The van der Waals surface area contributed by atoms with Crippen LogP contribution in [0, 0.1) is 6.92 Å². The van der Waals surface area contributed by atoms with E-state index in [1.54, 1.807) is 0 Å². The van der Waals surface area contributed by atoms with Crippen LogP contribution in [0.5, 0.6) is 5.75 Å². The first kappa shape index (κ1) is 40.4. The minimum Gasteiger partial charge on any atom is -0.507 e. The third kappa shape index (κ3) is 7.62. The van der Waals surface area contributed by atoms with Crippen LogP contribution in [0.3, 0.4) is 0 Å². The summed E-state index contributed by atoms with van der Waals surface area (Å²) in [5.41, 5.74) is 17.2. The van der Waals surface area contributed by atoms with Crippen molar-refractivity contribution in [2.24, 2.45) is 0 Å². The van der Waals surface area contributed by atoms with Gasteiger partial charge in [-0.25, -0.2) is 4.98 Å². The number of aromatic hydroxyl groups is 1. The third-order valence-electron chi connectivity index (χ3n) is 12.6. The lowest BCUT2D eigenvalue weighted by Crippen LogP contribution is -2.16. The molecular formula is C58H53N3O. The molecule has 0 aliphatic carbocycles. The van der Waals surface area contributed by atoms with Crippen molar-refractivity contribution < 1.29 is 5.11 Å². The number of fused-ring (bicyclic) bond motifs is 1. The zero-order valence-electron chi connectivity index (χ0n) is 36.7. The molecule has 2 heterocycles. The molecular weight excluding hydrogens is 755 g/mol. The van der Waals surface area contributed by atoms with Crippen molar-refractivity contribution >= 4 is 11.0 Å². The van der Waals surface area contributed by atoms with Crippen LogP contribution in [0.4, 0.5) is 0 Å². The molecule has 0 atom stereocenters. The number of hydrogen-bond acceptors (Lipinski definition) is 3. The summed E-state index contributed by atoms with van der Waals surface area (Å²) in [6.45, 7) is 15.5. The van der Waals surface area contributed by atoms with Crippen LogP contribution >= 0.6 is 0 Å². The zero-order chi connectivity index (χ0) is 43.2. The van der Waals surface area contributed by atoms with E-state index in [1.807, 2.05) is 19.2 Å². The van der Waals surface area contributed by atoms with Crippen LogP contribution in [0.1, 0.15) is 64.7 Å². The topological polar surface area (TPSA) is 50.9 Å². The van der Waals surface area contributed by atoms with E-state index in [-0.39, 0.29) is 16.6 Å². The molecule has 9 rings (SSSR count). The summed E-state index contributed by atoms with van der Waals surface area (Å²) in [6, 6.07) is 60.2. The predicted molar refractivity (Wildman–Crippen MR) is 260 cm³/mol. The molecule has 4 nitrogen and oxygen atoms in total. The van der Waals surface area contributed by atoms with E-state index in [1.165, 1.54) is 5.56 Å². The Hall–Kier alpha value is -7.04. The first-order chi connectivity index (χ1) is 29.9. The zero-order valence-corrected chi connectivity index (χ0v) is 36.7. The fourth-order valence-electron chi connectivity index (χ4n) is 8.47. The number of imidazole rings is 1. The Morgan fingerprint density at radius 2 is 1.13 bits per heavy atom. The Morgan fingerprint density at radius 1 is 0.516 bits per heavy atom. The number of pyridine rings is 1. The highest BCUT2D eigenvalue weighted by atomic mass is 16.3. The Balaban J connectivity index is 1.35. The summed E-state index contributed by atoms with van der Waals surface area (Å²) < 4.78 is 2.28. The lowest BCUT2D eigenvalue weighted by molar-refractivity contribution is 0.471. The minimum atomic E-state index is -0.155. The molecule has 0 saturated carbocycles. The molecule has 0 aliphatic rings. The molecule has 4 heteroatoms. The van der Waals surface area contributed by atoms with Gasteiger partial charge in [0.2, 0.25) is 0 Å². The normalized spacial score (nSPS) is 11.9. The molecule has 1 N–H and O–H groups in total. The second-order valence-corrected chi connectivity index (χ2v) is 18.2. The second-order valence-electron chi connectivity index (χ2n) is 18.2. The van der Waals surface area contributed by atoms with Gasteiger partial charge in [-0.2, -0.15) is 0 Å². The molecule has 9 aromatic rings. The first-order valence-electron chi connectivity index (χ1n) is 21.7. The number of rotatable bonds is 9. The Morgan fingerprint density at radius 3 is 1.79 bits per heavy atom. The lowest BCUT2D eigenvalue weighted by atomic mass is 9.81. The van der Waals surface area contributed by atoms with Crippen LogP contribution < -0.4 is 0 Å². The van der Waals surface area contributed by atoms with E-state index in [0.29, 0.717) is 11.4 Å². The van der Waals surface area contributed by atoms with Crippen molar-refractivity contribution in [1.82, 2.24) is 14.5 Å². The van der Waals surface area contributed by atoms with Gasteiger partial charge in [0.25, 0.3) is 0 Å². The molecule has 0 unspecified atom stereocenters. The number of nitrogens with zero attached hydrogens (tertiary/aromatic N) is 3. The number of aromatic nitrogens is 3. The van der Waals surface area contributed by atoms with Gasteiger partial charge in [0, 0.05) is 22.9 Å². The predicted octanol–water partition coefficient (Wildman–Crippen LogP) is 15.4. The van der Waals surface area contributed by atoms with Gasteiger partial charge in [-0.3, -0.25) is 9.55 Å². The molecule has 0 aliphatic heterocycles. The standard InChI is InChI=1S/C58H53N3O/c1-8-58(6,7)46-27-28-52(49(36-46)41-23-16-11-17-24-41)61-53-26-18-25-48(54(53)60-56(61)50-37-47(57(3,4)5)31-38(2)55(50)62)44-32-43(40-21-14-10-15-22-40)33-45(34-44)51-35-42(29-30-59-51)39-19-12-9-13-20-39/h9-37,62H,8H2,1-7H3. The summed E-state index contributed by atoms with van der Waals surface area (Å²) >= 11 is 0. The average molecular weight is 808 g/mol. The molecule has 2 aromatic heterocycles. The number of benzene rings is 7. The Bertz CT molecular complexity index is 3060. The van der Waals surface area contributed by atoms with Crippen LogP contribution in [0.2, 0.25) is 0 Å². The molecule has 0 radical (unpaired) electrons. The van der Waals surface area contributed by atoms with Crippen molar-refractivity contribution in [2.45, 2.75) is 65.7 Å². The van der Waals surface area contributed by atoms with E-state index in [2.05, 4.69) is 210 Å². The highest BCUT2D eigenvalue weighted by Crippen LogP contribution is 2.44. The molecule has 0 bridgehead atoms. The van der Waals surface area contributed by atoms with Gasteiger partial charge in [0.15, 0.2) is 0 Å². The minimum absolute atomic E-state index is 0.0254. The quantitative estimate of drug-likeness (QED) is 0.158. The highest BCUT2D eigenvalue weighted by Gasteiger charge is 2.27. The van der Waals surface area contributed by atoms with Gasteiger partial charge in [0.05, 0.1) is 28.0 Å². The van der Waals surface area contributed by atoms with Crippen molar-refractivity contribution in [3.8, 4) is 78.6 Å². The SMILES string of the molecule is CCC(C)(C)c1ccc(-n2c(-c3cc(C(C)(C)C)cc(C)c3O)nc3c(-c4cc(-c5ccccc5)cc(-c5cc(-c6ccccc6)ccn5)c4)cccc32)c(-c2ccccc2)c1. The van der Waals surface area contributed by atoms with Gasteiger partial charge in [-0.15, -0.1) is 0 Å². The number of aryl methyl sites for hydroxylation is 1. The smallest absolute Gasteiger partial charge is 0.149 e. The van der Waals surface area contributed by atoms with E-state index >= 15 is 0 Å². The monoisotopic (exact) mass is 807 g/mol. The molecule has 0 fully saturated rings. The van der Waals surface area contributed by atoms with Crippen molar-refractivity contribution in [1.29, 1.82) is 0 Å². The number of phenolic OH excluding ortho intramolecular Hbond substituents is 1. The van der Waals surface area contributed by atoms with Crippen LogP contribution in [0.15, 0.2) is 176 Å². The Kier molecular flexibility index (Phi) is 10.5. The van der Waals surface area contributed by atoms with Crippen molar-refractivity contribution in [2.75, 3.05) is 0 Å². The van der Waals surface area contributed by atoms with Crippen molar-refractivity contribution in [3.05, 3.63) is 193 Å². The largest absolute Gasteiger partial charge is 0.507 e. The van der Waals surface area contributed by atoms with Crippen LogP contribution in [-0.2, 0) is 10.8 Å². The van der Waals surface area contributed by atoms with Gasteiger partial charge < -0.3 is 5.11 Å². The summed E-state index contributed by atoms with van der Waals surface area (Å²) in [5, 5.41) is 12.1. The summed E-state index contributed by atoms with van der Waals surface area (Å²) in [6.07, 6.45) is 2.91. The van der Waals surface area contributed by atoms with Gasteiger partial charge >= 0.3 is 0 Å². The van der Waals surface area contributed by atoms with Crippen LogP contribution in [-0.4, -0.2) is 19.6 Å². The third-order valence-corrected chi connectivity index (χ3v) is 12.6. The van der Waals surface area contributed by atoms with E-state index in [0.717, 1.165) is 90.0 Å². The fourth-order valence-corrected chi connectivity index (χ4v) is 8.47. The molecule has 0 spiro atoms. The van der Waals surface area contributed by atoms with E-state index < -0.39 is 0 Å². The van der Waals surface area contributed by atoms with E-state index in [9.17, 15) is 5.11 Å². The molecule has 0 saturated heterocycles. The van der Waals surface area contributed by atoms with Crippen molar-refractivity contribution in [3.63, 3.8) is 0 Å². The van der Waals surface area contributed by atoms with Crippen LogP contribution in [0.25, 0.3) is 83.9 Å². The summed E-state index contributed by atoms with van der Waals surface area (Å²) in [7, 11) is 0. The number of phenols is 1. The second kappa shape index (κ2) is 16.1. The van der Waals surface area contributed by atoms with E-state index in [4.69, 9.17) is 9.97 Å². The highest BCUT2D eigenvalue weighted by molar-refractivity contribution is 5.98. The molecule has 0 amide bonds. The summed E-state index contributed by atoms with van der Waals surface area (Å²) in [4.78, 5) is 10.6. The Labute approximate surface area is 366 Å². The van der Waals surface area contributed by atoms with Gasteiger partial charge in [-0.1, -0.05) is 157 Å². The fraction of sp³-hybridized carbons (Fsp3) is 0.172. The summed E-state index contributed by atoms with van der Waals surface area (Å²) in [5.74, 6) is 0.925. The van der Waals surface area contributed by atoms with Gasteiger partial charge in [-0.05, 0) is 129 Å².